The molecule has 2 nitrogen and oxygen atoms in total. The van der Waals surface area contributed by atoms with Crippen molar-refractivity contribution in [3.8, 4) is 12.3 Å². The lowest BCUT2D eigenvalue weighted by atomic mass is 9.69. The first-order valence-electron chi connectivity index (χ1n) is 6.40. The van der Waals surface area contributed by atoms with E-state index >= 15 is 0 Å². The Morgan fingerprint density at radius 3 is 2.61 bits per heavy atom. The first kappa shape index (κ1) is 12.9. The lowest BCUT2D eigenvalue weighted by Crippen LogP contribution is -2.45. The number of ketones is 1. The summed E-state index contributed by atoms with van der Waals surface area (Å²) in [6.07, 6.45) is 7.19. The van der Waals surface area contributed by atoms with Crippen LogP contribution in [0.4, 0.5) is 0 Å². The zero-order valence-corrected chi connectivity index (χ0v) is 11.0. The smallest absolute Gasteiger partial charge is 0.140 e. The minimum Gasteiger partial charge on any atom is -0.317 e. The number of hydrogen-bond donors (Lipinski definition) is 1. The Kier molecular flexibility index (Phi) is 3.54. The van der Waals surface area contributed by atoms with Crippen LogP contribution in [-0.2, 0) is 10.2 Å². The van der Waals surface area contributed by atoms with Crippen molar-refractivity contribution in [1.82, 2.24) is 5.32 Å². The van der Waals surface area contributed by atoms with E-state index in [0.29, 0.717) is 0 Å². The molecule has 1 aromatic rings. The number of rotatable bonds is 2. The van der Waals surface area contributed by atoms with E-state index in [0.717, 1.165) is 42.6 Å². The Bertz CT molecular complexity index is 504. The van der Waals surface area contributed by atoms with Crippen molar-refractivity contribution in [3.05, 3.63) is 34.9 Å². The number of Topliss-reactive ketones (excluding diaryl/α,β-unsaturated/α-hetero) is 1. The molecule has 1 aliphatic heterocycles. The van der Waals surface area contributed by atoms with Crippen LogP contribution < -0.4 is 5.32 Å². The van der Waals surface area contributed by atoms with Gasteiger partial charge in [0.2, 0.25) is 0 Å². The van der Waals surface area contributed by atoms with Gasteiger partial charge in [0.1, 0.15) is 5.78 Å². The van der Waals surface area contributed by atoms with E-state index in [1.54, 1.807) is 6.92 Å². The van der Waals surface area contributed by atoms with Gasteiger partial charge in [-0.25, -0.2) is 0 Å². The van der Waals surface area contributed by atoms with Crippen molar-refractivity contribution in [2.75, 3.05) is 13.1 Å². The third kappa shape index (κ3) is 2.07. The lowest BCUT2D eigenvalue weighted by Gasteiger charge is -2.37. The molecule has 1 N–H and O–H groups in total. The van der Waals surface area contributed by atoms with E-state index in [4.69, 9.17) is 6.42 Å². The molecule has 94 valence electrons. The van der Waals surface area contributed by atoms with E-state index in [9.17, 15) is 4.79 Å². The molecule has 0 saturated carbocycles. The number of terminal acetylenes is 1. The fraction of sp³-hybridized carbons (Fsp3) is 0.438. The molecule has 1 heterocycles. The van der Waals surface area contributed by atoms with Gasteiger partial charge in [-0.05, 0) is 63.0 Å². The predicted octanol–water partition coefficient (Wildman–Crippen LogP) is 2.19. The van der Waals surface area contributed by atoms with Gasteiger partial charge in [-0.3, -0.25) is 4.79 Å². The summed E-state index contributed by atoms with van der Waals surface area (Å²) in [7, 11) is 0. The quantitative estimate of drug-likeness (QED) is 0.804. The van der Waals surface area contributed by atoms with E-state index in [1.165, 1.54) is 0 Å². The predicted molar refractivity (Wildman–Crippen MR) is 73.6 cm³/mol. The van der Waals surface area contributed by atoms with E-state index in [1.807, 2.05) is 18.2 Å². The molecule has 2 rings (SSSR count). The molecule has 0 spiro atoms. The van der Waals surface area contributed by atoms with Gasteiger partial charge in [-0.1, -0.05) is 12.0 Å². The van der Waals surface area contributed by atoms with Gasteiger partial charge in [-0.2, -0.15) is 0 Å². The molecule has 0 aliphatic carbocycles. The maximum absolute atomic E-state index is 12.2. The zero-order valence-electron chi connectivity index (χ0n) is 11.0. The molecular formula is C16H19NO. The molecule has 18 heavy (non-hydrogen) atoms. The van der Waals surface area contributed by atoms with E-state index in [2.05, 4.69) is 18.2 Å². The lowest BCUT2D eigenvalue weighted by molar-refractivity contribution is -0.123. The van der Waals surface area contributed by atoms with Crippen molar-refractivity contribution in [1.29, 1.82) is 0 Å². The molecule has 0 atom stereocenters. The molecule has 0 amide bonds. The van der Waals surface area contributed by atoms with Gasteiger partial charge in [-0.15, -0.1) is 6.42 Å². The number of aryl methyl sites for hydroxylation is 1. The van der Waals surface area contributed by atoms with Crippen LogP contribution in [-0.4, -0.2) is 18.9 Å². The molecule has 0 radical (unpaired) electrons. The maximum Gasteiger partial charge on any atom is 0.140 e. The van der Waals surface area contributed by atoms with Crippen LogP contribution >= 0.6 is 0 Å². The highest BCUT2D eigenvalue weighted by Gasteiger charge is 2.39. The molecule has 0 unspecified atom stereocenters. The van der Waals surface area contributed by atoms with Crippen molar-refractivity contribution >= 4 is 5.78 Å². The fourth-order valence-corrected chi connectivity index (χ4v) is 2.89. The third-order valence-electron chi connectivity index (χ3n) is 4.05. The average molecular weight is 241 g/mol. The van der Waals surface area contributed by atoms with E-state index in [-0.39, 0.29) is 11.2 Å². The highest BCUT2D eigenvalue weighted by atomic mass is 16.1. The highest BCUT2D eigenvalue weighted by Crippen LogP contribution is 2.36. The maximum atomic E-state index is 12.2. The van der Waals surface area contributed by atoms with Crippen LogP contribution in [0.3, 0.4) is 0 Å². The Labute approximate surface area is 109 Å². The Hall–Kier alpha value is -1.59. The van der Waals surface area contributed by atoms with Gasteiger partial charge in [0, 0.05) is 5.56 Å². The highest BCUT2D eigenvalue weighted by molar-refractivity contribution is 5.88. The summed E-state index contributed by atoms with van der Waals surface area (Å²) in [5.74, 6) is 2.91. The van der Waals surface area contributed by atoms with Crippen molar-refractivity contribution in [3.63, 3.8) is 0 Å². The minimum atomic E-state index is -0.345. The standard InChI is InChI=1S/C16H19NO/c1-4-14-6-5-12(2)15(11-14)16(13(3)18)7-9-17-10-8-16/h1,5-6,11,17H,7-10H2,2-3H3. The van der Waals surface area contributed by atoms with Gasteiger partial charge < -0.3 is 5.32 Å². The molecule has 1 aliphatic rings. The Balaban J connectivity index is 2.55. The van der Waals surface area contributed by atoms with Crippen LogP contribution in [0.5, 0.6) is 0 Å². The van der Waals surface area contributed by atoms with Gasteiger partial charge >= 0.3 is 0 Å². The number of carbonyl (C=O) groups excluding carboxylic acids is 1. The summed E-state index contributed by atoms with van der Waals surface area (Å²) in [5.41, 5.74) is 2.79. The molecule has 2 heteroatoms. The molecular weight excluding hydrogens is 222 g/mol. The summed E-state index contributed by atoms with van der Waals surface area (Å²) < 4.78 is 0. The van der Waals surface area contributed by atoms with Gasteiger partial charge in [0.15, 0.2) is 0 Å². The van der Waals surface area contributed by atoms with Crippen LogP contribution in [0.25, 0.3) is 0 Å². The first-order valence-corrected chi connectivity index (χ1v) is 6.40. The monoisotopic (exact) mass is 241 g/mol. The number of benzene rings is 1. The van der Waals surface area contributed by atoms with Crippen LogP contribution in [0.15, 0.2) is 18.2 Å². The van der Waals surface area contributed by atoms with Crippen LogP contribution in [0, 0.1) is 19.3 Å². The molecule has 1 aromatic carbocycles. The zero-order chi connectivity index (χ0) is 13.2. The second-order valence-electron chi connectivity index (χ2n) is 5.06. The topological polar surface area (TPSA) is 29.1 Å². The summed E-state index contributed by atoms with van der Waals surface area (Å²) in [6.45, 7) is 5.54. The number of carbonyl (C=O) groups is 1. The summed E-state index contributed by atoms with van der Waals surface area (Å²) in [6, 6.07) is 5.98. The first-order chi connectivity index (χ1) is 8.60. The number of nitrogens with one attached hydrogen (secondary N) is 1. The van der Waals surface area contributed by atoms with Gasteiger partial charge in [0.25, 0.3) is 0 Å². The van der Waals surface area contributed by atoms with E-state index < -0.39 is 0 Å². The fourth-order valence-electron chi connectivity index (χ4n) is 2.89. The van der Waals surface area contributed by atoms with Crippen molar-refractivity contribution in [2.24, 2.45) is 0 Å². The normalized spacial score (nSPS) is 18.1. The summed E-state index contributed by atoms with van der Waals surface area (Å²) >= 11 is 0. The second kappa shape index (κ2) is 4.96. The average Bonchev–Trinajstić information content (AvgIpc) is 2.40. The number of hydrogen-bond acceptors (Lipinski definition) is 2. The second-order valence-corrected chi connectivity index (χ2v) is 5.06. The Morgan fingerprint density at radius 1 is 1.39 bits per heavy atom. The molecule has 0 bridgehead atoms. The Morgan fingerprint density at radius 2 is 2.06 bits per heavy atom. The molecule has 1 fully saturated rings. The molecule has 1 saturated heterocycles. The van der Waals surface area contributed by atoms with Crippen molar-refractivity contribution < 1.29 is 4.79 Å². The SMILES string of the molecule is C#Cc1ccc(C)c(C2(C(C)=O)CCNCC2)c1. The summed E-state index contributed by atoms with van der Waals surface area (Å²) in [5, 5.41) is 3.32. The van der Waals surface area contributed by atoms with Crippen LogP contribution in [0.1, 0.15) is 36.5 Å². The van der Waals surface area contributed by atoms with Crippen LogP contribution in [0.2, 0.25) is 0 Å². The van der Waals surface area contributed by atoms with Gasteiger partial charge in [0.05, 0.1) is 5.41 Å². The van der Waals surface area contributed by atoms with Crippen molar-refractivity contribution in [2.45, 2.75) is 32.1 Å². The summed E-state index contributed by atoms with van der Waals surface area (Å²) in [4.78, 5) is 12.2. The third-order valence-corrected chi connectivity index (χ3v) is 4.05. The molecule has 0 aromatic heterocycles. The largest absolute Gasteiger partial charge is 0.317 e. The minimum absolute atomic E-state index is 0.251. The number of piperidine rings is 1.